The summed E-state index contributed by atoms with van der Waals surface area (Å²) in [5, 5.41) is 0. The maximum Gasteiger partial charge on any atom is 0.138 e. The standard InChI is InChI=1S/C26H33F2N/c1-18-8-12-26(3,15-18)17-21-22(27)7-6-20(24(21)28)23-14-19(9-13-29-23)16-25(2)10-4-5-11-25/h6-7,9,13-14,18H,4-5,8,10-12,15-17H2,1-3H3. The van der Waals surface area contributed by atoms with Crippen LogP contribution < -0.4 is 0 Å². The van der Waals surface area contributed by atoms with Gasteiger partial charge in [-0.15, -0.1) is 0 Å². The largest absolute Gasteiger partial charge is 0.256 e. The summed E-state index contributed by atoms with van der Waals surface area (Å²) in [5.41, 5.74) is 2.78. The van der Waals surface area contributed by atoms with Crippen LogP contribution in [-0.4, -0.2) is 4.98 Å². The molecule has 1 nitrogen and oxygen atoms in total. The molecule has 29 heavy (non-hydrogen) atoms. The highest BCUT2D eigenvalue weighted by Gasteiger charge is 2.35. The van der Waals surface area contributed by atoms with Crippen molar-refractivity contribution in [3.8, 4) is 11.3 Å². The Bertz CT molecular complexity index is 884. The molecule has 1 aromatic carbocycles. The van der Waals surface area contributed by atoms with E-state index in [1.54, 1.807) is 12.3 Å². The number of benzene rings is 1. The lowest BCUT2D eigenvalue weighted by Gasteiger charge is -2.25. The Morgan fingerprint density at radius 1 is 1.00 bits per heavy atom. The van der Waals surface area contributed by atoms with Crippen LogP contribution in [0, 0.1) is 28.4 Å². The van der Waals surface area contributed by atoms with Crippen LogP contribution >= 0.6 is 0 Å². The molecule has 0 bridgehead atoms. The van der Waals surface area contributed by atoms with Crippen molar-refractivity contribution in [1.29, 1.82) is 0 Å². The Balaban J connectivity index is 1.63. The number of hydrogen-bond donors (Lipinski definition) is 0. The van der Waals surface area contributed by atoms with E-state index in [-0.39, 0.29) is 11.0 Å². The van der Waals surface area contributed by atoms with Gasteiger partial charge in [0, 0.05) is 17.3 Å². The lowest BCUT2D eigenvalue weighted by atomic mass is 9.80. The minimum atomic E-state index is -0.429. The molecule has 0 amide bonds. The zero-order valence-corrected chi connectivity index (χ0v) is 18.0. The topological polar surface area (TPSA) is 12.9 Å². The van der Waals surface area contributed by atoms with Crippen LogP contribution in [0.2, 0.25) is 0 Å². The average Bonchev–Trinajstić information content (AvgIpc) is 3.24. The normalized spacial score (nSPS) is 26.2. The predicted octanol–water partition coefficient (Wildman–Crippen LogP) is 7.52. The summed E-state index contributed by atoms with van der Waals surface area (Å²) in [6, 6.07) is 7.01. The number of pyridine rings is 1. The van der Waals surface area contributed by atoms with E-state index in [9.17, 15) is 4.39 Å². The summed E-state index contributed by atoms with van der Waals surface area (Å²) in [6.07, 6.45) is 11.5. The first-order valence-electron chi connectivity index (χ1n) is 11.2. The Morgan fingerprint density at radius 3 is 2.45 bits per heavy atom. The second-order valence-electron chi connectivity index (χ2n) is 10.5. The van der Waals surface area contributed by atoms with E-state index in [0.717, 1.165) is 25.7 Å². The van der Waals surface area contributed by atoms with Gasteiger partial charge in [0.1, 0.15) is 11.6 Å². The minimum Gasteiger partial charge on any atom is -0.256 e. The Morgan fingerprint density at radius 2 is 1.76 bits per heavy atom. The number of nitrogens with zero attached hydrogens (tertiary/aromatic N) is 1. The molecule has 0 N–H and O–H groups in total. The summed E-state index contributed by atoms with van der Waals surface area (Å²) in [4.78, 5) is 4.44. The average molecular weight is 398 g/mol. The Hall–Kier alpha value is -1.77. The SMILES string of the molecule is CC1CCC(C)(Cc2c(F)ccc(-c3cc(CC4(C)CCCC4)ccn3)c2F)C1. The van der Waals surface area contributed by atoms with Crippen LogP contribution in [0.5, 0.6) is 0 Å². The number of rotatable bonds is 5. The second-order valence-corrected chi connectivity index (χ2v) is 10.5. The molecule has 1 aromatic heterocycles. The molecule has 0 spiro atoms. The molecule has 0 saturated heterocycles. The fourth-order valence-electron chi connectivity index (χ4n) is 5.81. The minimum absolute atomic E-state index is 0.0218. The van der Waals surface area contributed by atoms with Gasteiger partial charge in [0.15, 0.2) is 0 Å². The van der Waals surface area contributed by atoms with Crippen molar-refractivity contribution in [2.45, 2.75) is 78.6 Å². The van der Waals surface area contributed by atoms with E-state index in [1.807, 2.05) is 12.1 Å². The van der Waals surface area contributed by atoms with E-state index in [0.29, 0.717) is 29.0 Å². The molecule has 2 saturated carbocycles. The van der Waals surface area contributed by atoms with E-state index < -0.39 is 11.6 Å². The van der Waals surface area contributed by atoms with E-state index >= 15 is 4.39 Å². The summed E-state index contributed by atoms with van der Waals surface area (Å²) in [6.45, 7) is 6.75. The number of aromatic nitrogens is 1. The molecule has 4 rings (SSSR count). The van der Waals surface area contributed by atoms with Crippen LogP contribution in [0.25, 0.3) is 11.3 Å². The summed E-state index contributed by atoms with van der Waals surface area (Å²) in [5.74, 6) is -0.228. The number of hydrogen-bond acceptors (Lipinski definition) is 1. The highest BCUT2D eigenvalue weighted by atomic mass is 19.1. The van der Waals surface area contributed by atoms with Crippen molar-refractivity contribution in [3.05, 3.63) is 53.2 Å². The Labute approximate surface area is 174 Å². The second kappa shape index (κ2) is 7.81. The van der Waals surface area contributed by atoms with Gasteiger partial charge < -0.3 is 0 Å². The predicted molar refractivity (Wildman–Crippen MR) is 115 cm³/mol. The molecule has 2 aliphatic rings. The lowest BCUT2D eigenvalue weighted by Crippen LogP contribution is -2.18. The van der Waals surface area contributed by atoms with Gasteiger partial charge in [-0.1, -0.05) is 40.0 Å². The molecular formula is C26H33F2N. The van der Waals surface area contributed by atoms with Crippen LogP contribution in [0.3, 0.4) is 0 Å². The van der Waals surface area contributed by atoms with Crippen molar-refractivity contribution >= 4 is 0 Å². The summed E-state index contributed by atoms with van der Waals surface area (Å²) >= 11 is 0. The van der Waals surface area contributed by atoms with Crippen LogP contribution in [0.1, 0.15) is 76.8 Å². The van der Waals surface area contributed by atoms with Gasteiger partial charge in [-0.3, -0.25) is 4.98 Å². The van der Waals surface area contributed by atoms with Crippen molar-refractivity contribution in [3.63, 3.8) is 0 Å². The van der Waals surface area contributed by atoms with Crippen molar-refractivity contribution in [2.75, 3.05) is 0 Å². The maximum atomic E-state index is 15.5. The van der Waals surface area contributed by atoms with E-state index in [1.165, 1.54) is 37.3 Å². The third-order valence-electron chi connectivity index (χ3n) is 7.41. The smallest absolute Gasteiger partial charge is 0.138 e. The van der Waals surface area contributed by atoms with Crippen LogP contribution in [-0.2, 0) is 12.8 Å². The molecule has 0 aliphatic heterocycles. The molecule has 2 aromatic rings. The van der Waals surface area contributed by atoms with Crippen LogP contribution in [0.4, 0.5) is 8.78 Å². The van der Waals surface area contributed by atoms with Crippen molar-refractivity contribution in [2.24, 2.45) is 16.7 Å². The van der Waals surface area contributed by atoms with Crippen molar-refractivity contribution < 1.29 is 8.78 Å². The third-order valence-corrected chi connectivity index (χ3v) is 7.41. The van der Waals surface area contributed by atoms with Crippen molar-refractivity contribution in [1.82, 2.24) is 4.98 Å². The highest BCUT2D eigenvalue weighted by molar-refractivity contribution is 5.62. The summed E-state index contributed by atoms with van der Waals surface area (Å²) < 4.78 is 30.1. The summed E-state index contributed by atoms with van der Waals surface area (Å²) in [7, 11) is 0. The first kappa shape index (κ1) is 20.5. The van der Waals surface area contributed by atoms with Gasteiger partial charge >= 0.3 is 0 Å². The fourth-order valence-corrected chi connectivity index (χ4v) is 5.81. The molecule has 2 atom stereocenters. The quantitative estimate of drug-likeness (QED) is 0.508. The molecule has 2 aliphatic carbocycles. The molecule has 2 unspecified atom stereocenters. The van der Waals surface area contributed by atoms with Gasteiger partial charge in [-0.05, 0) is 85.1 Å². The first-order valence-corrected chi connectivity index (χ1v) is 11.2. The van der Waals surface area contributed by atoms with Gasteiger partial charge in [0.25, 0.3) is 0 Å². The van der Waals surface area contributed by atoms with E-state index in [2.05, 4.69) is 25.8 Å². The highest BCUT2D eigenvalue weighted by Crippen LogP contribution is 2.45. The molecule has 0 radical (unpaired) electrons. The molecule has 156 valence electrons. The molecule has 1 heterocycles. The lowest BCUT2D eigenvalue weighted by molar-refractivity contribution is 0.312. The zero-order valence-electron chi connectivity index (χ0n) is 18.0. The molecule has 2 fully saturated rings. The number of halogens is 2. The maximum absolute atomic E-state index is 15.5. The Kier molecular flexibility index (Phi) is 5.52. The van der Waals surface area contributed by atoms with E-state index in [4.69, 9.17) is 0 Å². The van der Waals surface area contributed by atoms with Gasteiger partial charge in [-0.2, -0.15) is 0 Å². The van der Waals surface area contributed by atoms with Gasteiger partial charge in [-0.25, -0.2) is 8.78 Å². The zero-order chi connectivity index (χ0) is 20.6. The first-order chi connectivity index (χ1) is 13.8. The van der Waals surface area contributed by atoms with Gasteiger partial charge in [0.2, 0.25) is 0 Å². The fraction of sp³-hybridized carbons (Fsp3) is 0.577. The molecule has 3 heteroatoms. The molecular weight excluding hydrogens is 364 g/mol. The van der Waals surface area contributed by atoms with Crippen LogP contribution in [0.15, 0.2) is 30.5 Å². The third kappa shape index (κ3) is 4.39. The van der Waals surface area contributed by atoms with Gasteiger partial charge in [0.05, 0.1) is 5.69 Å². The monoisotopic (exact) mass is 397 g/mol.